The second-order valence-corrected chi connectivity index (χ2v) is 3.51. The van der Waals surface area contributed by atoms with Crippen molar-refractivity contribution in [2.45, 2.75) is 13.0 Å². The highest BCUT2D eigenvalue weighted by molar-refractivity contribution is 9.10. The molecular weight excluding hydrogens is 239 g/mol. The molecule has 1 atom stereocenters. The van der Waals surface area contributed by atoms with Crippen molar-refractivity contribution in [2.24, 2.45) is 0 Å². The molecule has 0 saturated heterocycles. The van der Waals surface area contributed by atoms with Gasteiger partial charge in [0.15, 0.2) is 11.6 Å². The topological polar surface area (TPSA) is 29.5 Å². The molecule has 0 bridgehead atoms. The van der Waals surface area contributed by atoms with Crippen LogP contribution in [0.25, 0.3) is 0 Å². The van der Waals surface area contributed by atoms with E-state index in [1.807, 2.05) is 0 Å². The SMILES string of the molecule is COc1c(Br)ccc(C(C)O)c1F. The number of aliphatic hydroxyl groups excluding tert-OH is 1. The van der Waals surface area contributed by atoms with Crippen molar-refractivity contribution in [3.05, 3.63) is 28.0 Å². The average molecular weight is 249 g/mol. The molecule has 13 heavy (non-hydrogen) atoms. The van der Waals surface area contributed by atoms with Crippen molar-refractivity contribution in [1.82, 2.24) is 0 Å². The fourth-order valence-electron chi connectivity index (χ4n) is 1.06. The summed E-state index contributed by atoms with van der Waals surface area (Å²) >= 11 is 3.14. The second kappa shape index (κ2) is 4.07. The Labute approximate surface area is 84.5 Å². The van der Waals surface area contributed by atoms with Gasteiger partial charge in [0.2, 0.25) is 0 Å². The number of ether oxygens (including phenoxy) is 1. The first-order valence-electron chi connectivity index (χ1n) is 3.78. The summed E-state index contributed by atoms with van der Waals surface area (Å²) in [6.07, 6.45) is -0.831. The van der Waals surface area contributed by atoms with Crippen LogP contribution in [-0.2, 0) is 0 Å². The summed E-state index contributed by atoms with van der Waals surface area (Å²) in [5.74, 6) is -0.398. The standard InChI is InChI=1S/C9H10BrFO2/c1-5(12)6-3-4-7(10)9(13-2)8(6)11/h3-5,12H,1-2H3. The van der Waals surface area contributed by atoms with Crippen molar-refractivity contribution in [3.63, 3.8) is 0 Å². The Bertz CT molecular complexity index is 313. The maximum absolute atomic E-state index is 13.5. The Morgan fingerprint density at radius 2 is 2.15 bits per heavy atom. The molecule has 1 N–H and O–H groups in total. The highest BCUT2D eigenvalue weighted by Crippen LogP contribution is 2.32. The molecular formula is C9H10BrFO2. The van der Waals surface area contributed by atoms with Crippen LogP contribution in [0.5, 0.6) is 5.75 Å². The molecule has 0 fully saturated rings. The number of benzene rings is 1. The van der Waals surface area contributed by atoms with Gasteiger partial charge >= 0.3 is 0 Å². The predicted molar refractivity (Wildman–Crippen MR) is 51.3 cm³/mol. The van der Waals surface area contributed by atoms with Gasteiger partial charge in [0.25, 0.3) is 0 Å². The van der Waals surface area contributed by atoms with Crippen LogP contribution in [0.1, 0.15) is 18.6 Å². The lowest BCUT2D eigenvalue weighted by Gasteiger charge is -2.10. The van der Waals surface area contributed by atoms with Gasteiger partial charge in [-0.25, -0.2) is 4.39 Å². The minimum Gasteiger partial charge on any atom is -0.492 e. The van der Waals surface area contributed by atoms with Crippen LogP contribution in [0.2, 0.25) is 0 Å². The molecule has 4 heteroatoms. The van der Waals surface area contributed by atoms with E-state index in [-0.39, 0.29) is 11.3 Å². The van der Waals surface area contributed by atoms with Gasteiger partial charge in [-0.15, -0.1) is 0 Å². The molecule has 0 heterocycles. The van der Waals surface area contributed by atoms with Crippen molar-refractivity contribution in [3.8, 4) is 5.75 Å². The normalized spacial score (nSPS) is 12.7. The number of hydrogen-bond acceptors (Lipinski definition) is 2. The van der Waals surface area contributed by atoms with Crippen LogP contribution in [0.3, 0.4) is 0 Å². The van der Waals surface area contributed by atoms with Crippen LogP contribution in [-0.4, -0.2) is 12.2 Å². The van der Waals surface area contributed by atoms with Crippen LogP contribution in [0.4, 0.5) is 4.39 Å². The number of halogens is 2. The third-order valence-electron chi connectivity index (χ3n) is 1.73. The van der Waals surface area contributed by atoms with Gasteiger partial charge in [-0.2, -0.15) is 0 Å². The Morgan fingerprint density at radius 1 is 1.54 bits per heavy atom. The predicted octanol–water partition coefficient (Wildman–Crippen LogP) is 2.65. The summed E-state index contributed by atoms with van der Waals surface area (Å²) < 4.78 is 18.8. The number of rotatable bonds is 2. The third-order valence-corrected chi connectivity index (χ3v) is 2.36. The van der Waals surface area contributed by atoms with Crippen molar-refractivity contribution >= 4 is 15.9 Å². The van der Waals surface area contributed by atoms with E-state index >= 15 is 0 Å². The fraction of sp³-hybridized carbons (Fsp3) is 0.333. The Hall–Kier alpha value is -0.610. The van der Waals surface area contributed by atoms with E-state index in [1.165, 1.54) is 20.1 Å². The molecule has 0 aliphatic heterocycles. The highest BCUT2D eigenvalue weighted by Gasteiger charge is 2.15. The zero-order valence-electron chi connectivity index (χ0n) is 7.34. The average Bonchev–Trinajstić information content (AvgIpc) is 2.04. The molecule has 1 aromatic carbocycles. The van der Waals surface area contributed by atoms with E-state index in [1.54, 1.807) is 6.07 Å². The van der Waals surface area contributed by atoms with Gasteiger partial charge in [-0.05, 0) is 28.9 Å². The van der Waals surface area contributed by atoms with Gasteiger partial charge in [0.1, 0.15) is 0 Å². The quantitative estimate of drug-likeness (QED) is 0.873. The first kappa shape index (κ1) is 10.5. The maximum Gasteiger partial charge on any atom is 0.172 e. The first-order chi connectivity index (χ1) is 6.07. The Morgan fingerprint density at radius 3 is 2.62 bits per heavy atom. The zero-order chi connectivity index (χ0) is 10.0. The van der Waals surface area contributed by atoms with E-state index in [4.69, 9.17) is 4.74 Å². The first-order valence-corrected chi connectivity index (χ1v) is 4.57. The van der Waals surface area contributed by atoms with E-state index in [2.05, 4.69) is 15.9 Å². The van der Waals surface area contributed by atoms with Crippen LogP contribution >= 0.6 is 15.9 Å². The van der Waals surface area contributed by atoms with Gasteiger partial charge in [-0.3, -0.25) is 0 Å². The van der Waals surface area contributed by atoms with Gasteiger partial charge in [-0.1, -0.05) is 6.07 Å². The smallest absolute Gasteiger partial charge is 0.172 e. The van der Waals surface area contributed by atoms with E-state index in [9.17, 15) is 9.50 Å². The van der Waals surface area contributed by atoms with Crippen LogP contribution < -0.4 is 4.74 Å². The summed E-state index contributed by atoms with van der Waals surface area (Å²) in [6.45, 7) is 1.51. The lowest BCUT2D eigenvalue weighted by molar-refractivity contribution is 0.192. The summed E-state index contributed by atoms with van der Waals surface area (Å²) in [5.41, 5.74) is 0.236. The Balaban J connectivity index is 3.27. The molecule has 0 spiro atoms. The number of methoxy groups -OCH3 is 1. The molecule has 0 aliphatic rings. The monoisotopic (exact) mass is 248 g/mol. The van der Waals surface area contributed by atoms with Crippen molar-refractivity contribution in [1.29, 1.82) is 0 Å². The molecule has 0 aromatic heterocycles. The molecule has 0 aliphatic carbocycles. The Kier molecular flexibility index (Phi) is 3.27. The van der Waals surface area contributed by atoms with Gasteiger partial charge in [0.05, 0.1) is 17.7 Å². The zero-order valence-corrected chi connectivity index (χ0v) is 8.93. The van der Waals surface area contributed by atoms with E-state index in [0.29, 0.717) is 4.47 Å². The van der Waals surface area contributed by atoms with Crippen molar-refractivity contribution in [2.75, 3.05) is 7.11 Å². The number of hydrogen-bond donors (Lipinski definition) is 1. The third kappa shape index (κ3) is 2.00. The van der Waals surface area contributed by atoms with Crippen molar-refractivity contribution < 1.29 is 14.2 Å². The molecule has 2 nitrogen and oxygen atoms in total. The summed E-state index contributed by atoms with van der Waals surface area (Å²) in [5, 5.41) is 9.20. The molecule has 1 unspecified atom stereocenters. The summed E-state index contributed by atoms with van der Waals surface area (Å²) in [4.78, 5) is 0. The van der Waals surface area contributed by atoms with Crippen LogP contribution in [0.15, 0.2) is 16.6 Å². The second-order valence-electron chi connectivity index (χ2n) is 2.66. The molecule has 0 saturated carbocycles. The van der Waals surface area contributed by atoms with Gasteiger partial charge in [0, 0.05) is 5.56 Å². The molecule has 0 radical (unpaired) electrons. The van der Waals surface area contributed by atoms with E-state index < -0.39 is 11.9 Å². The summed E-state index contributed by atoms with van der Waals surface area (Å²) in [7, 11) is 1.38. The molecule has 1 rings (SSSR count). The largest absolute Gasteiger partial charge is 0.492 e. The highest BCUT2D eigenvalue weighted by atomic mass is 79.9. The minimum atomic E-state index is -0.831. The molecule has 0 amide bonds. The summed E-state index contributed by atoms with van der Waals surface area (Å²) in [6, 6.07) is 3.16. The molecule has 1 aromatic rings. The minimum absolute atomic E-state index is 0.124. The fourth-order valence-corrected chi connectivity index (χ4v) is 1.53. The lowest BCUT2D eigenvalue weighted by Crippen LogP contribution is -1.99. The van der Waals surface area contributed by atoms with Gasteiger partial charge < -0.3 is 9.84 Å². The van der Waals surface area contributed by atoms with E-state index in [0.717, 1.165) is 0 Å². The molecule has 72 valence electrons. The lowest BCUT2D eigenvalue weighted by atomic mass is 10.1. The number of aliphatic hydroxyl groups is 1. The van der Waals surface area contributed by atoms with Crippen LogP contribution in [0, 0.1) is 5.82 Å². The maximum atomic E-state index is 13.5.